The molecule has 0 aromatic carbocycles. The predicted molar refractivity (Wildman–Crippen MR) is 71.4 cm³/mol. The first-order valence-electron chi connectivity index (χ1n) is 6.17. The van der Waals surface area contributed by atoms with Gasteiger partial charge in [-0.1, -0.05) is 0 Å². The molecule has 108 valence electrons. The van der Waals surface area contributed by atoms with E-state index in [1.165, 1.54) is 12.1 Å². The minimum absolute atomic E-state index is 0.0119. The molecule has 0 spiro atoms. The van der Waals surface area contributed by atoms with Gasteiger partial charge in [-0.25, -0.2) is 4.79 Å². The van der Waals surface area contributed by atoms with Gasteiger partial charge in [0, 0.05) is 25.2 Å². The van der Waals surface area contributed by atoms with E-state index in [2.05, 4.69) is 15.6 Å². The van der Waals surface area contributed by atoms with Crippen LogP contribution in [0, 0.1) is 0 Å². The number of nitrogens with one attached hydrogen (secondary N) is 2. The maximum atomic E-state index is 11.7. The number of aromatic carboxylic acids is 1. The normalized spacial score (nSPS) is 10.2. The van der Waals surface area contributed by atoms with Gasteiger partial charge in [0.1, 0.15) is 5.69 Å². The van der Waals surface area contributed by atoms with Crippen LogP contribution in [0.5, 0.6) is 0 Å². The van der Waals surface area contributed by atoms with Gasteiger partial charge in [0.2, 0.25) is 5.91 Å². The summed E-state index contributed by atoms with van der Waals surface area (Å²) in [5.74, 6) is -1.69. The molecule has 0 radical (unpaired) electrons. The van der Waals surface area contributed by atoms with E-state index in [4.69, 9.17) is 5.11 Å². The molecule has 7 nitrogen and oxygen atoms in total. The second-order valence-corrected chi connectivity index (χ2v) is 4.47. The number of carboxylic acid groups (broad SMARTS) is 1. The molecule has 3 N–H and O–H groups in total. The highest BCUT2D eigenvalue weighted by Crippen LogP contribution is 2.00. The van der Waals surface area contributed by atoms with Gasteiger partial charge in [-0.15, -0.1) is 0 Å². The van der Waals surface area contributed by atoms with Crippen molar-refractivity contribution in [3.63, 3.8) is 0 Å². The maximum Gasteiger partial charge on any atom is 0.337 e. The highest BCUT2D eigenvalue weighted by Gasteiger charge is 2.10. The smallest absolute Gasteiger partial charge is 0.337 e. The van der Waals surface area contributed by atoms with E-state index in [1.807, 2.05) is 13.8 Å². The van der Waals surface area contributed by atoms with E-state index in [-0.39, 0.29) is 36.2 Å². The molecule has 1 aromatic heterocycles. The van der Waals surface area contributed by atoms with Gasteiger partial charge in [-0.05, 0) is 26.0 Å². The van der Waals surface area contributed by atoms with Crippen LogP contribution in [0.3, 0.4) is 0 Å². The first-order valence-corrected chi connectivity index (χ1v) is 6.17. The molecule has 1 aromatic rings. The Morgan fingerprint density at radius 1 is 1.30 bits per heavy atom. The Labute approximate surface area is 116 Å². The van der Waals surface area contributed by atoms with Crippen LogP contribution in [0.4, 0.5) is 0 Å². The minimum Gasteiger partial charge on any atom is -0.478 e. The largest absolute Gasteiger partial charge is 0.478 e. The van der Waals surface area contributed by atoms with Crippen LogP contribution in [-0.4, -0.2) is 40.5 Å². The Bertz CT molecular complexity index is 497. The van der Waals surface area contributed by atoms with E-state index in [0.717, 1.165) is 6.20 Å². The van der Waals surface area contributed by atoms with E-state index >= 15 is 0 Å². The molecule has 0 unspecified atom stereocenters. The van der Waals surface area contributed by atoms with Crippen molar-refractivity contribution in [3.8, 4) is 0 Å². The van der Waals surface area contributed by atoms with E-state index in [0.29, 0.717) is 0 Å². The second kappa shape index (κ2) is 7.22. The number of hydrogen-bond donors (Lipinski definition) is 3. The van der Waals surface area contributed by atoms with Crippen LogP contribution >= 0.6 is 0 Å². The van der Waals surface area contributed by atoms with Crippen LogP contribution in [0.1, 0.15) is 41.1 Å². The molecule has 2 amide bonds. The molecule has 0 fully saturated rings. The lowest BCUT2D eigenvalue weighted by Crippen LogP contribution is -2.34. The van der Waals surface area contributed by atoms with Crippen LogP contribution in [0.2, 0.25) is 0 Å². The summed E-state index contributed by atoms with van der Waals surface area (Å²) in [7, 11) is 0. The molecule has 0 bridgehead atoms. The molecule has 1 heterocycles. The van der Waals surface area contributed by atoms with Crippen LogP contribution < -0.4 is 10.6 Å². The number of nitrogens with zero attached hydrogens (tertiary/aromatic N) is 1. The molecular formula is C13H17N3O4. The van der Waals surface area contributed by atoms with Gasteiger partial charge in [-0.3, -0.25) is 14.6 Å². The zero-order chi connectivity index (χ0) is 15.1. The SMILES string of the molecule is CC(C)NC(=O)CCNC(=O)c1ccc(C(=O)O)cn1. The zero-order valence-corrected chi connectivity index (χ0v) is 11.3. The second-order valence-electron chi connectivity index (χ2n) is 4.47. The number of carbonyl (C=O) groups excluding carboxylic acids is 2. The third-order valence-electron chi connectivity index (χ3n) is 2.33. The van der Waals surface area contributed by atoms with Crippen molar-refractivity contribution in [2.24, 2.45) is 0 Å². The van der Waals surface area contributed by atoms with Gasteiger partial charge in [-0.2, -0.15) is 0 Å². The predicted octanol–water partition coefficient (Wildman–Crippen LogP) is 0.424. The minimum atomic E-state index is -1.10. The van der Waals surface area contributed by atoms with Crippen LogP contribution in [0.25, 0.3) is 0 Å². The van der Waals surface area contributed by atoms with Crippen molar-refractivity contribution in [2.75, 3.05) is 6.54 Å². The average molecular weight is 279 g/mol. The summed E-state index contributed by atoms with van der Waals surface area (Å²) in [6.45, 7) is 3.90. The summed E-state index contributed by atoms with van der Waals surface area (Å²) in [5, 5.41) is 14.0. The van der Waals surface area contributed by atoms with Crippen molar-refractivity contribution < 1.29 is 19.5 Å². The summed E-state index contributed by atoms with van der Waals surface area (Å²) in [5.41, 5.74) is 0.122. The van der Waals surface area contributed by atoms with Crippen LogP contribution in [-0.2, 0) is 4.79 Å². The molecule has 20 heavy (non-hydrogen) atoms. The lowest BCUT2D eigenvalue weighted by Gasteiger charge is -2.08. The molecule has 0 atom stereocenters. The highest BCUT2D eigenvalue weighted by atomic mass is 16.4. The first-order chi connectivity index (χ1) is 9.40. The zero-order valence-electron chi connectivity index (χ0n) is 11.3. The van der Waals surface area contributed by atoms with E-state index < -0.39 is 11.9 Å². The van der Waals surface area contributed by atoms with E-state index in [9.17, 15) is 14.4 Å². The summed E-state index contributed by atoms with van der Waals surface area (Å²) in [4.78, 5) is 37.4. The molecule has 1 rings (SSSR count). The monoisotopic (exact) mass is 279 g/mol. The summed E-state index contributed by atoms with van der Waals surface area (Å²) in [6, 6.07) is 2.69. The summed E-state index contributed by atoms with van der Waals surface area (Å²) >= 11 is 0. The number of pyridine rings is 1. The number of rotatable bonds is 6. The van der Waals surface area contributed by atoms with E-state index in [1.54, 1.807) is 0 Å². The molecular weight excluding hydrogens is 262 g/mol. The van der Waals surface area contributed by atoms with Crippen molar-refractivity contribution in [1.29, 1.82) is 0 Å². The topological polar surface area (TPSA) is 108 Å². The highest BCUT2D eigenvalue weighted by molar-refractivity contribution is 5.94. The summed E-state index contributed by atoms with van der Waals surface area (Å²) < 4.78 is 0. The molecule has 0 aliphatic rings. The first kappa shape index (κ1) is 15.6. The Morgan fingerprint density at radius 3 is 2.50 bits per heavy atom. The number of amides is 2. The lowest BCUT2D eigenvalue weighted by atomic mass is 10.2. The van der Waals surface area contributed by atoms with Gasteiger partial charge in [0.05, 0.1) is 5.56 Å². The number of carboxylic acids is 1. The fourth-order valence-electron chi connectivity index (χ4n) is 1.43. The maximum absolute atomic E-state index is 11.7. The molecule has 0 aliphatic carbocycles. The molecule has 7 heteroatoms. The number of aromatic nitrogens is 1. The Morgan fingerprint density at radius 2 is 2.00 bits per heavy atom. The van der Waals surface area contributed by atoms with Crippen LogP contribution in [0.15, 0.2) is 18.3 Å². The molecule has 0 saturated heterocycles. The average Bonchev–Trinajstić information content (AvgIpc) is 2.37. The van der Waals surface area contributed by atoms with Crippen molar-refractivity contribution in [2.45, 2.75) is 26.3 Å². The molecule has 0 aliphatic heterocycles. The Hall–Kier alpha value is -2.44. The number of carbonyl (C=O) groups is 3. The van der Waals surface area contributed by atoms with Gasteiger partial charge in [0.15, 0.2) is 0 Å². The van der Waals surface area contributed by atoms with Crippen molar-refractivity contribution in [1.82, 2.24) is 15.6 Å². The standard InChI is InChI=1S/C13H17N3O4/c1-8(2)16-11(17)5-6-14-12(18)10-4-3-9(7-15-10)13(19)20/h3-4,7-8H,5-6H2,1-2H3,(H,14,18)(H,16,17)(H,19,20). The third kappa shape index (κ3) is 5.05. The Balaban J connectivity index is 2.43. The summed E-state index contributed by atoms with van der Waals surface area (Å²) in [6.07, 6.45) is 1.29. The fourth-order valence-corrected chi connectivity index (χ4v) is 1.43. The quantitative estimate of drug-likeness (QED) is 0.699. The Kier molecular flexibility index (Phi) is 5.64. The van der Waals surface area contributed by atoms with Crippen molar-refractivity contribution >= 4 is 17.8 Å². The lowest BCUT2D eigenvalue weighted by molar-refractivity contribution is -0.121. The van der Waals surface area contributed by atoms with Gasteiger partial charge < -0.3 is 15.7 Å². The number of hydrogen-bond acceptors (Lipinski definition) is 4. The third-order valence-corrected chi connectivity index (χ3v) is 2.33. The van der Waals surface area contributed by atoms with Crippen molar-refractivity contribution in [3.05, 3.63) is 29.6 Å². The molecule has 0 saturated carbocycles. The fraction of sp³-hybridized carbons (Fsp3) is 0.385. The van der Waals surface area contributed by atoms with Gasteiger partial charge >= 0.3 is 5.97 Å². The van der Waals surface area contributed by atoms with Gasteiger partial charge in [0.25, 0.3) is 5.91 Å².